The molecule has 0 bridgehead atoms. The number of amides is 2. The fourth-order valence-electron chi connectivity index (χ4n) is 1.43. The number of hydrogen-bond acceptors (Lipinski definition) is 5. The van der Waals surface area contributed by atoms with Crippen molar-refractivity contribution in [3.05, 3.63) is 22.6 Å². The van der Waals surface area contributed by atoms with Gasteiger partial charge in [0.15, 0.2) is 5.16 Å². The van der Waals surface area contributed by atoms with Crippen LogP contribution in [0.2, 0.25) is 0 Å². The third-order valence-corrected chi connectivity index (χ3v) is 3.17. The Morgan fingerprint density at radius 1 is 1.43 bits per heavy atom. The zero-order valence-electron chi connectivity index (χ0n) is 12.6. The molecule has 1 rings (SSSR count). The van der Waals surface area contributed by atoms with E-state index in [9.17, 15) is 14.4 Å². The number of rotatable bonds is 5. The van der Waals surface area contributed by atoms with Gasteiger partial charge >= 0.3 is 0 Å². The number of aromatic nitrogens is 2. The van der Waals surface area contributed by atoms with Crippen LogP contribution in [0, 0.1) is 0 Å². The van der Waals surface area contributed by atoms with Crippen molar-refractivity contribution in [1.82, 2.24) is 20.2 Å². The van der Waals surface area contributed by atoms with Crippen LogP contribution in [-0.2, 0) is 9.59 Å². The van der Waals surface area contributed by atoms with E-state index in [-0.39, 0.29) is 35.2 Å². The Bertz CT molecular complexity index is 565. The van der Waals surface area contributed by atoms with Crippen LogP contribution in [-0.4, -0.2) is 51.6 Å². The molecule has 7 nitrogen and oxygen atoms in total. The predicted molar refractivity (Wildman–Crippen MR) is 81.1 cm³/mol. The summed E-state index contributed by atoms with van der Waals surface area (Å²) in [5.74, 6) is -0.322. The lowest BCUT2D eigenvalue weighted by molar-refractivity contribution is -0.133. The van der Waals surface area contributed by atoms with Crippen LogP contribution in [0.1, 0.15) is 20.8 Å². The first kappa shape index (κ1) is 17.2. The Kier molecular flexibility index (Phi) is 5.95. The Hall–Kier alpha value is -1.83. The Balaban J connectivity index is 2.44. The van der Waals surface area contributed by atoms with Crippen LogP contribution in [0.5, 0.6) is 0 Å². The maximum absolute atomic E-state index is 11.9. The molecule has 0 aliphatic carbocycles. The molecule has 1 aromatic rings. The third-order valence-electron chi connectivity index (χ3n) is 2.30. The highest BCUT2D eigenvalue weighted by Crippen LogP contribution is 2.10. The molecule has 0 aliphatic rings. The number of aromatic amines is 1. The minimum Gasteiger partial charge on any atom is -0.350 e. The van der Waals surface area contributed by atoms with Crippen molar-refractivity contribution in [1.29, 1.82) is 0 Å². The van der Waals surface area contributed by atoms with E-state index in [0.29, 0.717) is 5.16 Å². The van der Waals surface area contributed by atoms with Gasteiger partial charge in [-0.1, -0.05) is 11.8 Å². The number of H-pyrrole nitrogens is 1. The quantitative estimate of drug-likeness (QED) is 0.600. The van der Waals surface area contributed by atoms with E-state index < -0.39 is 0 Å². The third kappa shape index (κ3) is 6.94. The first-order valence-corrected chi connectivity index (χ1v) is 7.39. The highest BCUT2D eigenvalue weighted by molar-refractivity contribution is 7.99. The second-order valence-corrected chi connectivity index (χ2v) is 6.54. The van der Waals surface area contributed by atoms with Gasteiger partial charge in [0.2, 0.25) is 11.8 Å². The summed E-state index contributed by atoms with van der Waals surface area (Å²) in [4.78, 5) is 42.5. The zero-order chi connectivity index (χ0) is 16.0. The van der Waals surface area contributed by atoms with Crippen LogP contribution in [0.3, 0.4) is 0 Å². The molecule has 0 spiro atoms. The van der Waals surface area contributed by atoms with Crippen molar-refractivity contribution >= 4 is 23.6 Å². The molecule has 0 atom stereocenters. The van der Waals surface area contributed by atoms with Gasteiger partial charge in [0.1, 0.15) is 0 Å². The average molecular weight is 312 g/mol. The molecule has 2 N–H and O–H groups in total. The molecule has 2 amide bonds. The highest BCUT2D eigenvalue weighted by atomic mass is 32.2. The number of carbonyl (C=O) groups excluding carboxylic acids is 2. The molecule has 0 saturated carbocycles. The monoisotopic (exact) mass is 312 g/mol. The predicted octanol–water partition coefficient (Wildman–Crippen LogP) is 0.235. The maximum atomic E-state index is 11.9. The molecule has 0 aromatic carbocycles. The molecule has 0 radical (unpaired) electrons. The van der Waals surface area contributed by atoms with Crippen molar-refractivity contribution in [2.24, 2.45) is 0 Å². The van der Waals surface area contributed by atoms with Crippen LogP contribution < -0.4 is 10.9 Å². The van der Waals surface area contributed by atoms with Crippen molar-refractivity contribution in [2.75, 3.05) is 19.3 Å². The highest BCUT2D eigenvalue weighted by Gasteiger charge is 2.18. The van der Waals surface area contributed by atoms with E-state index in [4.69, 9.17) is 0 Å². The molecule has 0 saturated heterocycles. The van der Waals surface area contributed by atoms with E-state index >= 15 is 0 Å². The lowest BCUT2D eigenvalue weighted by Crippen LogP contribution is -2.46. The summed E-state index contributed by atoms with van der Waals surface area (Å²) in [5.41, 5.74) is -0.596. The van der Waals surface area contributed by atoms with E-state index in [2.05, 4.69) is 15.3 Å². The van der Waals surface area contributed by atoms with Gasteiger partial charge < -0.3 is 15.2 Å². The summed E-state index contributed by atoms with van der Waals surface area (Å²) < 4.78 is 0. The van der Waals surface area contributed by atoms with Gasteiger partial charge in [-0.05, 0) is 20.8 Å². The largest absolute Gasteiger partial charge is 0.350 e. The van der Waals surface area contributed by atoms with Gasteiger partial charge in [0.25, 0.3) is 5.56 Å². The molecular weight excluding hydrogens is 292 g/mol. The second-order valence-electron chi connectivity index (χ2n) is 5.58. The first-order chi connectivity index (χ1) is 9.67. The van der Waals surface area contributed by atoms with Crippen LogP contribution in [0.25, 0.3) is 0 Å². The fraction of sp³-hybridized carbons (Fsp3) is 0.538. The minimum atomic E-state index is -0.330. The minimum absolute atomic E-state index is 0.00456. The van der Waals surface area contributed by atoms with Crippen LogP contribution in [0.4, 0.5) is 0 Å². The summed E-state index contributed by atoms with van der Waals surface area (Å²) in [7, 11) is 1.56. The Morgan fingerprint density at radius 3 is 2.67 bits per heavy atom. The average Bonchev–Trinajstić information content (AvgIpc) is 2.33. The van der Waals surface area contributed by atoms with E-state index in [1.54, 1.807) is 7.05 Å². The summed E-state index contributed by atoms with van der Waals surface area (Å²) in [5, 5.41) is 3.16. The van der Waals surface area contributed by atoms with E-state index in [1.807, 2.05) is 20.8 Å². The summed E-state index contributed by atoms with van der Waals surface area (Å²) >= 11 is 1.12. The van der Waals surface area contributed by atoms with E-state index in [0.717, 1.165) is 11.8 Å². The number of carbonyl (C=O) groups is 2. The van der Waals surface area contributed by atoms with E-state index in [1.165, 1.54) is 17.2 Å². The lowest BCUT2D eigenvalue weighted by atomic mass is 10.1. The number of nitrogens with zero attached hydrogens (tertiary/aromatic N) is 2. The van der Waals surface area contributed by atoms with Crippen LogP contribution >= 0.6 is 11.8 Å². The Morgan fingerprint density at radius 2 is 2.10 bits per heavy atom. The fourth-order valence-corrected chi connectivity index (χ4v) is 2.22. The van der Waals surface area contributed by atoms with Crippen molar-refractivity contribution in [3.8, 4) is 0 Å². The molecule has 0 aliphatic heterocycles. The van der Waals surface area contributed by atoms with Gasteiger partial charge in [-0.2, -0.15) is 0 Å². The van der Waals surface area contributed by atoms with Crippen molar-refractivity contribution in [2.45, 2.75) is 31.5 Å². The first-order valence-electron chi connectivity index (χ1n) is 6.40. The standard InChI is InChI=1S/C13H20N4O3S/c1-13(2,3)16-10(19)7-17(4)11(20)8-21-12-14-6-5-9(18)15-12/h5-6H,7-8H2,1-4H3,(H,16,19)(H,14,15,18). The van der Waals surface area contributed by atoms with Crippen molar-refractivity contribution in [3.63, 3.8) is 0 Å². The molecule has 116 valence electrons. The summed E-state index contributed by atoms with van der Waals surface area (Å²) in [6, 6.07) is 1.30. The number of thioether (sulfide) groups is 1. The molecule has 1 heterocycles. The van der Waals surface area contributed by atoms with Gasteiger partial charge in [-0.25, -0.2) is 4.98 Å². The molecule has 1 aromatic heterocycles. The summed E-state index contributed by atoms with van der Waals surface area (Å²) in [6.45, 7) is 5.62. The molecule has 0 unspecified atom stereocenters. The van der Waals surface area contributed by atoms with Gasteiger partial charge in [0.05, 0.1) is 12.3 Å². The molecule has 21 heavy (non-hydrogen) atoms. The maximum Gasteiger partial charge on any atom is 0.251 e. The zero-order valence-corrected chi connectivity index (χ0v) is 13.4. The molecule has 0 fully saturated rings. The van der Waals surface area contributed by atoms with Gasteiger partial charge in [0, 0.05) is 24.8 Å². The topological polar surface area (TPSA) is 95.2 Å². The van der Waals surface area contributed by atoms with Gasteiger partial charge in [-0.15, -0.1) is 0 Å². The van der Waals surface area contributed by atoms with Gasteiger partial charge in [-0.3, -0.25) is 14.4 Å². The normalized spacial score (nSPS) is 11.0. The SMILES string of the molecule is CN(CC(=O)NC(C)(C)C)C(=O)CSc1nccc(=O)[nH]1. The number of nitrogens with one attached hydrogen (secondary N) is 2. The Labute approximate surface area is 127 Å². The number of likely N-dealkylation sites (N-methyl/N-ethyl adjacent to an activating group) is 1. The lowest BCUT2D eigenvalue weighted by Gasteiger charge is -2.23. The molecular formula is C13H20N4O3S. The summed E-state index contributed by atoms with van der Waals surface area (Å²) in [6.07, 6.45) is 1.38. The second kappa shape index (κ2) is 7.26. The smallest absolute Gasteiger partial charge is 0.251 e. The number of hydrogen-bond donors (Lipinski definition) is 2. The van der Waals surface area contributed by atoms with Crippen LogP contribution in [0.15, 0.2) is 22.2 Å². The molecule has 8 heteroatoms. The van der Waals surface area contributed by atoms with Crippen molar-refractivity contribution < 1.29 is 9.59 Å².